The van der Waals surface area contributed by atoms with Gasteiger partial charge in [-0.25, -0.2) is 14.2 Å². The lowest BCUT2D eigenvalue weighted by Crippen LogP contribution is -2.49. The van der Waals surface area contributed by atoms with E-state index in [2.05, 4.69) is 10.3 Å². The summed E-state index contributed by atoms with van der Waals surface area (Å²) in [5.41, 5.74) is -7.47. The van der Waals surface area contributed by atoms with Crippen molar-refractivity contribution >= 4 is 17.7 Å². The van der Waals surface area contributed by atoms with Crippen LogP contribution in [-0.4, -0.2) is 39.4 Å². The number of nitrogens with zero attached hydrogens (tertiary/aromatic N) is 2. The Balaban J connectivity index is 2.75. The van der Waals surface area contributed by atoms with Crippen LogP contribution in [0.2, 0.25) is 5.02 Å². The maximum absolute atomic E-state index is 13.9. The molecule has 1 aromatic heterocycles. The molecular formula is C22H24ClF4N3O5. The fraction of sp³-hybridized carbons (Fsp3) is 0.455. The van der Waals surface area contributed by atoms with E-state index >= 15 is 0 Å². The highest BCUT2D eigenvalue weighted by molar-refractivity contribution is 6.31. The molecule has 0 saturated carbocycles. The largest absolute Gasteiger partial charge is 0.444 e. The SMILES string of the molecule is CC(C)(C)OC(=O)NC(C)(C)c1cc(-c2ccc(F)c(Cl)c2)nc(C(O)(C[N+](=O)[O-])C(F)(F)F)c1. The molecule has 192 valence electrons. The number of hydrogen-bond donors (Lipinski definition) is 2. The number of nitrogens with one attached hydrogen (secondary N) is 1. The van der Waals surface area contributed by atoms with Crippen LogP contribution < -0.4 is 5.32 Å². The molecule has 1 aromatic carbocycles. The summed E-state index contributed by atoms with van der Waals surface area (Å²) in [5, 5.41) is 23.6. The highest BCUT2D eigenvalue weighted by Gasteiger charge is 2.60. The number of alkyl carbamates (subject to hydrolysis) is 1. The van der Waals surface area contributed by atoms with E-state index in [0.29, 0.717) is 0 Å². The molecule has 2 aromatic rings. The summed E-state index contributed by atoms with van der Waals surface area (Å²) in [6.45, 7) is 5.80. The van der Waals surface area contributed by atoms with Crippen molar-refractivity contribution in [2.75, 3.05) is 6.54 Å². The number of rotatable bonds is 6. The fourth-order valence-electron chi connectivity index (χ4n) is 3.04. The van der Waals surface area contributed by atoms with E-state index in [1.165, 1.54) is 26.0 Å². The van der Waals surface area contributed by atoms with E-state index in [9.17, 15) is 37.6 Å². The van der Waals surface area contributed by atoms with Crippen LogP contribution in [-0.2, 0) is 15.9 Å². The first-order valence-electron chi connectivity index (χ1n) is 10.2. The predicted octanol–water partition coefficient (Wildman–Crippen LogP) is 5.33. The molecule has 0 spiro atoms. The number of carbonyl (C=O) groups excluding carboxylic acids is 1. The van der Waals surface area contributed by atoms with Gasteiger partial charge in [-0.15, -0.1) is 0 Å². The molecule has 1 atom stereocenters. The molecule has 0 fully saturated rings. The smallest absolute Gasteiger partial charge is 0.429 e. The fourth-order valence-corrected chi connectivity index (χ4v) is 3.22. The van der Waals surface area contributed by atoms with E-state index < -0.39 is 52.0 Å². The maximum atomic E-state index is 13.9. The van der Waals surface area contributed by atoms with Gasteiger partial charge in [-0.2, -0.15) is 13.2 Å². The van der Waals surface area contributed by atoms with Crippen molar-refractivity contribution < 1.29 is 37.1 Å². The monoisotopic (exact) mass is 521 g/mol. The van der Waals surface area contributed by atoms with Crippen molar-refractivity contribution in [1.29, 1.82) is 0 Å². The lowest BCUT2D eigenvalue weighted by molar-refractivity contribution is -0.519. The molecule has 2 N–H and O–H groups in total. The van der Waals surface area contributed by atoms with Gasteiger partial charge in [0.1, 0.15) is 11.4 Å². The number of aromatic nitrogens is 1. The Kier molecular flexibility index (Phi) is 7.73. The molecule has 2 rings (SSSR count). The van der Waals surface area contributed by atoms with Crippen LogP contribution >= 0.6 is 11.6 Å². The van der Waals surface area contributed by atoms with Crippen LogP contribution in [0.25, 0.3) is 11.3 Å². The Morgan fingerprint density at radius 3 is 2.26 bits per heavy atom. The van der Waals surface area contributed by atoms with E-state index in [4.69, 9.17) is 16.3 Å². The molecule has 1 unspecified atom stereocenters. The zero-order valence-corrected chi connectivity index (χ0v) is 20.2. The number of amides is 1. The third kappa shape index (κ3) is 6.79. The van der Waals surface area contributed by atoms with Crippen LogP contribution in [0.15, 0.2) is 30.3 Å². The Hall–Kier alpha value is -2.99. The molecule has 0 aliphatic heterocycles. The Morgan fingerprint density at radius 1 is 1.17 bits per heavy atom. The van der Waals surface area contributed by atoms with Crippen LogP contribution in [0.5, 0.6) is 0 Å². The quantitative estimate of drug-likeness (QED) is 0.302. The first kappa shape index (κ1) is 28.2. The van der Waals surface area contributed by atoms with Crippen molar-refractivity contribution in [1.82, 2.24) is 10.3 Å². The molecular weight excluding hydrogens is 498 g/mol. The molecule has 0 bridgehead atoms. The Labute approximate surface area is 203 Å². The highest BCUT2D eigenvalue weighted by Crippen LogP contribution is 2.40. The number of pyridine rings is 1. The molecule has 8 nitrogen and oxygen atoms in total. The van der Waals surface area contributed by atoms with Crippen molar-refractivity contribution in [3.8, 4) is 11.3 Å². The minimum absolute atomic E-state index is 0.00479. The lowest BCUT2D eigenvalue weighted by Gasteiger charge is -2.32. The molecule has 13 heteroatoms. The first-order valence-corrected chi connectivity index (χ1v) is 10.5. The lowest BCUT2D eigenvalue weighted by atomic mass is 9.89. The number of alkyl halides is 3. The average Bonchev–Trinajstić information content (AvgIpc) is 2.66. The van der Waals surface area contributed by atoms with Crippen LogP contribution in [0.3, 0.4) is 0 Å². The van der Waals surface area contributed by atoms with Gasteiger partial charge in [0, 0.05) is 10.5 Å². The zero-order valence-electron chi connectivity index (χ0n) is 19.5. The zero-order chi connectivity index (χ0) is 27.0. The van der Waals surface area contributed by atoms with Gasteiger partial charge < -0.3 is 15.2 Å². The summed E-state index contributed by atoms with van der Waals surface area (Å²) < 4.78 is 60.5. The van der Waals surface area contributed by atoms with E-state index in [1.807, 2.05) is 0 Å². The van der Waals surface area contributed by atoms with Crippen molar-refractivity contribution in [2.45, 2.75) is 57.5 Å². The normalized spacial score (nSPS) is 14.3. The summed E-state index contributed by atoms with van der Waals surface area (Å²) in [6.07, 6.45) is -6.37. The minimum Gasteiger partial charge on any atom is -0.444 e. The van der Waals surface area contributed by atoms with Crippen molar-refractivity contribution in [2.24, 2.45) is 0 Å². The van der Waals surface area contributed by atoms with Gasteiger partial charge in [-0.1, -0.05) is 11.6 Å². The van der Waals surface area contributed by atoms with Gasteiger partial charge in [0.25, 0.3) is 5.60 Å². The number of carbonyl (C=O) groups is 1. The molecule has 0 saturated heterocycles. The van der Waals surface area contributed by atoms with Gasteiger partial charge in [0.15, 0.2) is 0 Å². The molecule has 0 radical (unpaired) electrons. The maximum Gasteiger partial charge on any atom is 0.429 e. The topological polar surface area (TPSA) is 115 Å². The van der Waals surface area contributed by atoms with Gasteiger partial charge in [-0.05, 0) is 70.5 Å². The van der Waals surface area contributed by atoms with E-state index in [1.54, 1.807) is 20.8 Å². The molecule has 1 amide bonds. The third-order valence-electron chi connectivity index (χ3n) is 4.83. The van der Waals surface area contributed by atoms with Crippen LogP contribution in [0.1, 0.15) is 45.9 Å². The molecule has 1 heterocycles. The number of halogens is 5. The summed E-state index contributed by atoms with van der Waals surface area (Å²) in [7, 11) is 0. The second-order valence-corrected chi connectivity index (χ2v) is 9.76. The van der Waals surface area contributed by atoms with E-state index in [0.717, 1.165) is 18.2 Å². The van der Waals surface area contributed by atoms with Crippen molar-refractivity contribution in [3.05, 3.63) is 62.5 Å². The second kappa shape index (κ2) is 9.57. The number of nitro groups is 1. The minimum atomic E-state index is -5.48. The summed E-state index contributed by atoms with van der Waals surface area (Å²) >= 11 is 5.80. The Bertz CT molecular complexity index is 1140. The standard InChI is InChI=1S/C22H24ClF4N3O5/c1-19(2,3)35-18(31)29-20(4,5)13-9-16(12-6-7-15(24)14(23)8-12)28-17(10-13)21(32,11-30(33)34)22(25,26)27/h6-10,32H,11H2,1-5H3,(H,29,31). The Morgan fingerprint density at radius 2 is 1.77 bits per heavy atom. The van der Waals surface area contributed by atoms with Crippen molar-refractivity contribution in [3.63, 3.8) is 0 Å². The van der Waals surface area contributed by atoms with Gasteiger partial charge in [0.2, 0.25) is 6.54 Å². The molecule has 0 aliphatic rings. The first-order chi connectivity index (χ1) is 15.7. The summed E-state index contributed by atoms with van der Waals surface area (Å²) in [5.74, 6) is -0.793. The second-order valence-electron chi connectivity index (χ2n) is 9.36. The van der Waals surface area contributed by atoms with Gasteiger partial charge in [-0.3, -0.25) is 10.1 Å². The summed E-state index contributed by atoms with van der Waals surface area (Å²) in [6, 6.07) is 5.34. The number of ether oxygens (including phenoxy) is 1. The number of benzene rings is 1. The van der Waals surface area contributed by atoms with Crippen LogP contribution in [0.4, 0.5) is 22.4 Å². The number of hydrogen-bond acceptors (Lipinski definition) is 6. The van der Waals surface area contributed by atoms with E-state index in [-0.39, 0.29) is 21.8 Å². The average molecular weight is 522 g/mol. The summed E-state index contributed by atoms with van der Waals surface area (Å²) in [4.78, 5) is 25.9. The van der Waals surface area contributed by atoms with Gasteiger partial charge in [0.05, 0.1) is 21.9 Å². The highest BCUT2D eigenvalue weighted by atomic mass is 35.5. The van der Waals surface area contributed by atoms with Gasteiger partial charge >= 0.3 is 12.3 Å². The van der Waals surface area contributed by atoms with Crippen LogP contribution in [0, 0.1) is 15.9 Å². The molecule has 0 aliphatic carbocycles. The molecule has 35 heavy (non-hydrogen) atoms. The third-order valence-corrected chi connectivity index (χ3v) is 5.12. The predicted molar refractivity (Wildman–Crippen MR) is 119 cm³/mol. The number of aliphatic hydroxyl groups is 1.